The van der Waals surface area contributed by atoms with Crippen LogP contribution < -0.4 is 4.90 Å². The minimum atomic E-state index is 0.176. The van der Waals surface area contributed by atoms with Crippen LogP contribution in [0.3, 0.4) is 0 Å². The maximum Gasteiger partial charge on any atom is 0.210 e. The monoisotopic (exact) mass is 295 g/mol. The van der Waals surface area contributed by atoms with Crippen molar-refractivity contribution in [2.45, 2.75) is 25.3 Å². The topological polar surface area (TPSA) is 36.4 Å². The lowest BCUT2D eigenvalue weighted by atomic mass is 9.97. The molecule has 1 amide bonds. The van der Waals surface area contributed by atoms with Gasteiger partial charge in [-0.15, -0.1) is 0 Å². The summed E-state index contributed by atoms with van der Waals surface area (Å²) < 4.78 is 0. The lowest BCUT2D eigenvalue weighted by Crippen LogP contribution is -2.32. The van der Waals surface area contributed by atoms with Gasteiger partial charge in [-0.3, -0.25) is 4.79 Å². The number of carbonyl (C=O) groups is 1. The second kappa shape index (κ2) is 6.60. The van der Waals surface area contributed by atoms with E-state index in [9.17, 15) is 4.79 Å². The zero-order valence-corrected chi connectivity index (χ0v) is 12.9. The van der Waals surface area contributed by atoms with Crippen LogP contribution in [0.5, 0.6) is 0 Å². The second-order valence-corrected chi connectivity index (χ2v) is 5.70. The molecule has 0 bridgehead atoms. The molecule has 0 spiro atoms. The van der Waals surface area contributed by atoms with Crippen LogP contribution in [-0.4, -0.2) is 29.9 Å². The van der Waals surface area contributed by atoms with Crippen molar-refractivity contribution < 1.29 is 4.79 Å². The van der Waals surface area contributed by atoms with Crippen LogP contribution in [0.1, 0.15) is 30.9 Å². The van der Waals surface area contributed by atoms with Crippen molar-refractivity contribution in [2.24, 2.45) is 0 Å². The number of rotatable bonds is 4. The molecule has 1 aromatic heterocycles. The third-order valence-electron chi connectivity index (χ3n) is 4.32. The van der Waals surface area contributed by atoms with E-state index in [1.165, 1.54) is 6.42 Å². The smallest absolute Gasteiger partial charge is 0.210 e. The fourth-order valence-electron chi connectivity index (χ4n) is 3.01. The Morgan fingerprint density at radius 2 is 2.00 bits per heavy atom. The highest BCUT2D eigenvalue weighted by Gasteiger charge is 2.22. The van der Waals surface area contributed by atoms with Crippen molar-refractivity contribution in [3.05, 3.63) is 54.2 Å². The summed E-state index contributed by atoms with van der Waals surface area (Å²) in [5.41, 5.74) is 2.23. The summed E-state index contributed by atoms with van der Waals surface area (Å²) in [5, 5.41) is 0. The van der Waals surface area contributed by atoms with Gasteiger partial charge in [-0.1, -0.05) is 24.3 Å². The number of hydrogen-bond donors (Lipinski definition) is 0. The molecular weight excluding hydrogens is 274 g/mol. The average Bonchev–Trinajstić information content (AvgIpc) is 2.62. The van der Waals surface area contributed by atoms with Crippen molar-refractivity contribution in [3.8, 4) is 0 Å². The molecule has 0 N–H and O–H groups in total. The number of pyridine rings is 1. The van der Waals surface area contributed by atoms with Crippen molar-refractivity contribution in [3.63, 3.8) is 0 Å². The molecule has 0 radical (unpaired) electrons. The summed E-state index contributed by atoms with van der Waals surface area (Å²) in [4.78, 5) is 19.7. The number of anilines is 2. The Balaban J connectivity index is 1.79. The van der Waals surface area contributed by atoms with E-state index in [-0.39, 0.29) is 6.04 Å². The molecule has 1 aliphatic heterocycles. The number of aromatic nitrogens is 1. The third-order valence-corrected chi connectivity index (χ3v) is 4.32. The van der Waals surface area contributed by atoms with E-state index in [0.717, 1.165) is 42.9 Å². The number of carbonyl (C=O) groups excluding carboxylic acids is 1. The molecule has 0 aliphatic carbocycles. The maximum atomic E-state index is 11.2. The molecule has 4 nitrogen and oxygen atoms in total. The van der Waals surface area contributed by atoms with Crippen LogP contribution in [0.25, 0.3) is 0 Å². The van der Waals surface area contributed by atoms with E-state index in [1.54, 1.807) is 0 Å². The van der Waals surface area contributed by atoms with Crippen molar-refractivity contribution in [2.75, 3.05) is 18.5 Å². The second-order valence-electron chi connectivity index (χ2n) is 5.70. The molecule has 2 aromatic rings. The van der Waals surface area contributed by atoms with E-state index >= 15 is 0 Å². The Bertz CT molecular complexity index is 612. The van der Waals surface area contributed by atoms with Gasteiger partial charge in [0.25, 0.3) is 0 Å². The molecule has 1 aromatic carbocycles. The Hall–Kier alpha value is -2.36. The van der Waals surface area contributed by atoms with Gasteiger partial charge in [0.15, 0.2) is 0 Å². The first-order valence-electron chi connectivity index (χ1n) is 7.75. The average molecular weight is 295 g/mol. The minimum absolute atomic E-state index is 0.176. The standard InChI is InChI=1S/C18H21N3O/c1-20(16-7-3-2-4-8-16)18-11-10-15(13-19-18)17-9-5-6-12-21(17)14-22/h2-4,7-8,10-11,13-14,17H,5-6,9,12H2,1H3/t17-/m1/s1. The van der Waals surface area contributed by atoms with Gasteiger partial charge in [-0.25, -0.2) is 4.98 Å². The number of likely N-dealkylation sites (tertiary alicyclic amines) is 1. The quantitative estimate of drug-likeness (QED) is 0.810. The van der Waals surface area contributed by atoms with Crippen LogP contribution in [0.2, 0.25) is 0 Å². The lowest BCUT2D eigenvalue weighted by Gasteiger charge is -2.33. The summed E-state index contributed by atoms with van der Waals surface area (Å²) in [7, 11) is 2.01. The van der Waals surface area contributed by atoms with Gasteiger partial charge in [-0.05, 0) is 43.0 Å². The Labute approximate surface area is 131 Å². The summed E-state index contributed by atoms with van der Waals surface area (Å²) >= 11 is 0. The summed E-state index contributed by atoms with van der Waals surface area (Å²) in [6.07, 6.45) is 6.15. The molecule has 1 atom stereocenters. The summed E-state index contributed by atoms with van der Waals surface area (Å²) in [6.45, 7) is 0.847. The molecule has 2 heterocycles. The maximum absolute atomic E-state index is 11.2. The highest BCUT2D eigenvalue weighted by molar-refractivity contribution is 5.59. The van der Waals surface area contributed by atoms with Crippen LogP contribution in [0.4, 0.5) is 11.5 Å². The Morgan fingerprint density at radius 1 is 1.18 bits per heavy atom. The van der Waals surface area contributed by atoms with Gasteiger partial charge in [-0.2, -0.15) is 0 Å². The van der Waals surface area contributed by atoms with Crippen molar-refractivity contribution in [1.29, 1.82) is 0 Å². The number of para-hydroxylation sites is 1. The number of hydrogen-bond acceptors (Lipinski definition) is 3. The van der Waals surface area contributed by atoms with E-state index in [1.807, 2.05) is 42.4 Å². The minimum Gasteiger partial charge on any atom is -0.338 e. The molecule has 3 rings (SSSR count). The zero-order valence-electron chi connectivity index (χ0n) is 12.9. The molecule has 22 heavy (non-hydrogen) atoms. The predicted octanol–water partition coefficient (Wildman–Crippen LogP) is 3.53. The SMILES string of the molecule is CN(c1ccccc1)c1ccc([C@H]2CCCCN2C=O)cn1. The van der Waals surface area contributed by atoms with Crippen LogP contribution in [-0.2, 0) is 4.79 Å². The zero-order chi connectivity index (χ0) is 15.4. The first-order chi connectivity index (χ1) is 10.8. The number of benzene rings is 1. The molecule has 0 unspecified atom stereocenters. The first kappa shape index (κ1) is 14.6. The van der Waals surface area contributed by atoms with Gasteiger partial charge < -0.3 is 9.80 Å². The molecule has 114 valence electrons. The van der Waals surface area contributed by atoms with E-state index in [4.69, 9.17) is 0 Å². The fraction of sp³-hybridized carbons (Fsp3) is 0.333. The molecule has 1 aliphatic rings. The van der Waals surface area contributed by atoms with Crippen LogP contribution >= 0.6 is 0 Å². The Morgan fingerprint density at radius 3 is 2.68 bits per heavy atom. The van der Waals surface area contributed by atoms with Gasteiger partial charge in [0.05, 0.1) is 6.04 Å². The summed E-state index contributed by atoms with van der Waals surface area (Å²) in [5.74, 6) is 0.906. The van der Waals surface area contributed by atoms with E-state index in [0.29, 0.717) is 0 Å². The molecule has 1 fully saturated rings. The van der Waals surface area contributed by atoms with Crippen LogP contribution in [0.15, 0.2) is 48.7 Å². The van der Waals surface area contributed by atoms with Crippen molar-refractivity contribution in [1.82, 2.24) is 9.88 Å². The van der Waals surface area contributed by atoms with Gasteiger partial charge in [0, 0.05) is 25.5 Å². The molecule has 0 saturated carbocycles. The predicted molar refractivity (Wildman–Crippen MR) is 88.1 cm³/mol. The number of piperidine rings is 1. The number of amides is 1. The Kier molecular flexibility index (Phi) is 4.37. The molecule has 4 heteroatoms. The van der Waals surface area contributed by atoms with Gasteiger partial charge >= 0.3 is 0 Å². The third kappa shape index (κ3) is 2.96. The molecular formula is C18H21N3O. The normalized spacial score (nSPS) is 18.0. The molecule has 1 saturated heterocycles. The van der Waals surface area contributed by atoms with E-state index < -0.39 is 0 Å². The lowest BCUT2D eigenvalue weighted by molar-refractivity contribution is -0.121. The van der Waals surface area contributed by atoms with Gasteiger partial charge in [0.1, 0.15) is 5.82 Å². The highest BCUT2D eigenvalue weighted by Crippen LogP contribution is 2.30. The largest absolute Gasteiger partial charge is 0.338 e. The van der Waals surface area contributed by atoms with E-state index in [2.05, 4.69) is 28.1 Å². The fourth-order valence-corrected chi connectivity index (χ4v) is 3.01. The number of nitrogens with zero attached hydrogens (tertiary/aromatic N) is 3. The van der Waals surface area contributed by atoms with Crippen LogP contribution in [0, 0.1) is 0 Å². The van der Waals surface area contributed by atoms with Gasteiger partial charge in [0.2, 0.25) is 6.41 Å². The van der Waals surface area contributed by atoms with Crippen molar-refractivity contribution >= 4 is 17.9 Å². The summed E-state index contributed by atoms with van der Waals surface area (Å²) in [6, 6.07) is 14.5. The first-order valence-corrected chi connectivity index (χ1v) is 7.75. The highest BCUT2D eigenvalue weighted by atomic mass is 16.1.